The number of amides is 2. The number of hydrogen-bond donors (Lipinski definition) is 2. The standard InChI is InChI=1S/C27H27BrClN3O5/c1-4-36-24-14-19(13-23(28)25(24)37-16-18-5-7-20(29)8-6-18)15-30-32-27(34)17(2)26(33)31-21-9-11-22(35-3)12-10-21/h5-15,17H,4,16H2,1-3H3,(H,31,33)(H,32,34). The van der Waals surface area contributed by atoms with Gasteiger partial charge in [-0.05, 0) is 89.4 Å². The molecule has 0 bridgehead atoms. The molecule has 0 saturated heterocycles. The molecule has 0 aliphatic rings. The first-order valence-electron chi connectivity index (χ1n) is 11.4. The number of nitrogens with one attached hydrogen (secondary N) is 2. The van der Waals surface area contributed by atoms with Gasteiger partial charge in [0.2, 0.25) is 5.91 Å². The molecule has 3 aromatic rings. The molecule has 0 fully saturated rings. The molecule has 37 heavy (non-hydrogen) atoms. The number of halogens is 2. The van der Waals surface area contributed by atoms with E-state index in [0.29, 0.717) is 51.2 Å². The lowest BCUT2D eigenvalue weighted by molar-refractivity contribution is -0.131. The summed E-state index contributed by atoms with van der Waals surface area (Å²) in [6.45, 7) is 4.13. The highest BCUT2D eigenvalue weighted by atomic mass is 79.9. The Morgan fingerprint density at radius 2 is 1.76 bits per heavy atom. The van der Waals surface area contributed by atoms with Gasteiger partial charge in [-0.3, -0.25) is 9.59 Å². The molecule has 0 aromatic heterocycles. The van der Waals surface area contributed by atoms with Crippen molar-refractivity contribution in [2.75, 3.05) is 19.0 Å². The van der Waals surface area contributed by atoms with E-state index in [1.165, 1.54) is 13.1 Å². The van der Waals surface area contributed by atoms with Gasteiger partial charge in [-0.2, -0.15) is 5.10 Å². The van der Waals surface area contributed by atoms with Crippen LogP contribution in [0, 0.1) is 5.92 Å². The number of carbonyl (C=O) groups excluding carboxylic acids is 2. The molecule has 0 spiro atoms. The van der Waals surface area contributed by atoms with Crippen LogP contribution in [-0.4, -0.2) is 31.7 Å². The Balaban J connectivity index is 1.61. The second-order valence-electron chi connectivity index (χ2n) is 7.85. The van der Waals surface area contributed by atoms with E-state index in [9.17, 15) is 9.59 Å². The maximum absolute atomic E-state index is 12.4. The minimum absolute atomic E-state index is 0.329. The summed E-state index contributed by atoms with van der Waals surface area (Å²) in [4.78, 5) is 24.9. The van der Waals surface area contributed by atoms with Gasteiger partial charge in [-0.1, -0.05) is 23.7 Å². The fraction of sp³-hybridized carbons (Fsp3) is 0.222. The zero-order valence-corrected chi connectivity index (χ0v) is 22.9. The van der Waals surface area contributed by atoms with Crippen LogP contribution in [-0.2, 0) is 16.2 Å². The van der Waals surface area contributed by atoms with Gasteiger partial charge in [0.05, 0.1) is 24.4 Å². The molecule has 1 atom stereocenters. The molecule has 0 aliphatic heterocycles. The molecule has 2 amide bonds. The first kappa shape index (κ1) is 28.0. The highest BCUT2D eigenvalue weighted by Gasteiger charge is 2.21. The van der Waals surface area contributed by atoms with Crippen LogP contribution in [0.4, 0.5) is 5.69 Å². The molecular weight excluding hydrogens is 562 g/mol. The smallest absolute Gasteiger partial charge is 0.252 e. The predicted molar refractivity (Wildman–Crippen MR) is 148 cm³/mol. The van der Waals surface area contributed by atoms with Gasteiger partial charge < -0.3 is 19.5 Å². The predicted octanol–water partition coefficient (Wildman–Crippen LogP) is 5.81. The highest BCUT2D eigenvalue weighted by molar-refractivity contribution is 9.10. The molecular formula is C27H27BrClN3O5. The summed E-state index contributed by atoms with van der Waals surface area (Å²) >= 11 is 9.46. The third-order valence-corrected chi connectivity index (χ3v) is 6.00. The van der Waals surface area contributed by atoms with Gasteiger partial charge >= 0.3 is 0 Å². The number of ether oxygens (including phenoxy) is 3. The number of anilines is 1. The van der Waals surface area contributed by atoms with E-state index in [0.717, 1.165) is 5.56 Å². The SMILES string of the molecule is CCOc1cc(C=NNC(=O)C(C)C(=O)Nc2ccc(OC)cc2)cc(Br)c1OCc1ccc(Cl)cc1. The average Bonchev–Trinajstić information content (AvgIpc) is 2.89. The van der Waals surface area contributed by atoms with Crippen molar-refractivity contribution in [2.24, 2.45) is 11.0 Å². The zero-order chi connectivity index (χ0) is 26.8. The van der Waals surface area contributed by atoms with Gasteiger partial charge in [-0.25, -0.2) is 5.43 Å². The third-order valence-electron chi connectivity index (χ3n) is 5.16. The molecule has 0 heterocycles. The van der Waals surface area contributed by atoms with Crippen molar-refractivity contribution in [2.45, 2.75) is 20.5 Å². The minimum Gasteiger partial charge on any atom is -0.497 e. The molecule has 194 valence electrons. The number of nitrogens with zero attached hydrogens (tertiary/aromatic N) is 1. The van der Waals surface area contributed by atoms with Crippen molar-refractivity contribution < 1.29 is 23.8 Å². The second-order valence-corrected chi connectivity index (χ2v) is 9.14. The van der Waals surface area contributed by atoms with Crippen molar-refractivity contribution in [3.05, 3.63) is 81.3 Å². The van der Waals surface area contributed by atoms with Crippen LogP contribution in [0.3, 0.4) is 0 Å². The number of methoxy groups -OCH3 is 1. The first-order chi connectivity index (χ1) is 17.8. The lowest BCUT2D eigenvalue weighted by atomic mass is 10.1. The number of hydrazone groups is 1. The maximum atomic E-state index is 12.4. The fourth-order valence-corrected chi connectivity index (χ4v) is 3.81. The summed E-state index contributed by atoms with van der Waals surface area (Å²) in [5.74, 6) is -0.240. The summed E-state index contributed by atoms with van der Waals surface area (Å²) in [7, 11) is 1.56. The fourth-order valence-electron chi connectivity index (χ4n) is 3.11. The van der Waals surface area contributed by atoms with E-state index in [4.69, 9.17) is 25.8 Å². The van der Waals surface area contributed by atoms with E-state index in [-0.39, 0.29) is 0 Å². The summed E-state index contributed by atoms with van der Waals surface area (Å²) in [5, 5.41) is 7.35. The molecule has 0 saturated carbocycles. The Hall–Kier alpha value is -3.56. The van der Waals surface area contributed by atoms with Crippen molar-refractivity contribution in [3.63, 3.8) is 0 Å². The number of hydrogen-bond acceptors (Lipinski definition) is 6. The molecule has 10 heteroatoms. The van der Waals surface area contributed by atoms with Crippen LogP contribution in [0.1, 0.15) is 25.0 Å². The Morgan fingerprint density at radius 3 is 2.41 bits per heavy atom. The molecule has 8 nitrogen and oxygen atoms in total. The molecule has 0 radical (unpaired) electrons. The normalized spacial score (nSPS) is 11.6. The second kappa shape index (κ2) is 13.7. The first-order valence-corrected chi connectivity index (χ1v) is 12.6. The quantitative estimate of drug-likeness (QED) is 0.167. The monoisotopic (exact) mass is 587 g/mol. The minimum atomic E-state index is -0.964. The van der Waals surface area contributed by atoms with Crippen LogP contribution in [0.5, 0.6) is 17.2 Å². The van der Waals surface area contributed by atoms with Gasteiger partial charge in [0.15, 0.2) is 11.5 Å². The molecule has 3 rings (SSSR count). The van der Waals surface area contributed by atoms with Gasteiger partial charge in [0.1, 0.15) is 18.3 Å². The lowest BCUT2D eigenvalue weighted by Gasteiger charge is -2.15. The van der Waals surface area contributed by atoms with E-state index < -0.39 is 17.7 Å². The van der Waals surface area contributed by atoms with E-state index >= 15 is 0 Å². The average molecular weight is 589 g/mol. The van der Waals surface area contributed by atoms with Gasteiger partial charge in [0.25, 0.3) is 5.91 Å². The van der Waals surface area contributed by atoms with Crippen LogP contribution < -0.4 is 25.0 Å². The Kier molecular flexibility index (Phi) is 10.3. The van der Waals surface area contributed by atoms with Crippen molar-refractivity contribution in [1.82, 2.24) is 5.43 Å². The van der Waals surface area contributed by atoms with Crippen LogP contribution >= 0.6 is 27.5 Å². The Bertz CT molecular complexity index is 1250. The van der Waals surface area contributed by atoms with Gasteiger partial charge in [-0.15, -0.1) is 0 Å². The molecule has 1 unspecified atom stereocenters. The maximum Gasteiger partial charge on any atom is 0.252 e. The van der Waals surface area contributed by atoms with Crippen LogP contribution in [0.2, 0.25) is 5.02 Å². The Labute approximate surface area is 229 Å². The topological polar surface area (TPSA) is 98.2 Å². The molecule has 3 aromatic carbocycles. The van der Waals surface area contributed by atoms with Crippen molar-refractivity contribution in [1.29, 1.82) is 0 Å². The van der Waals surface area contributed by atoms with Crippen molar-refractivity contribution >= 4 is 51.2 Å². The summed E-state index contributed by atoms with van der Waals surface area (Å²) < 4.78 is 17.5. The van der Waals surface area contributed by atoms with E-state index in [2.05, 4.69) is 31.8 Å². The van der Waals surface area contributed by atoms with E-state index in [1.807, 2.05) is 19.1 Å². The molecule has 2 N–H and O–H groups in total. The number of rotatable bonds is 11. The lowest BCUT2D eigenvalue weighted by Crippen LogP contribution is -2.34. The summed E-state index contributed by atoms with van der Waals surface area (Å²) in [6.07, 6.45) is 1.46. The van der Waals surface area contributed by atoms with Crippen LogP contribution in [0.15, 0.2) is 70.2 Å². The number of benzene rings is 3. The summed E-state index contributed by atoms with van der Waals surface area (Å²) in [5.41, 5.74) is 4.57. The van der Waals surface area contributed by atoms with Crippen LogP contribution in [0.25, 0.3) is 0 Å². The number of carbonyl (C=O) groups is 2. The van der Waals surface area contributed by atoms with Gasteiger partial charge in [0, 0.05) is 10.7 Å². The largest absolute Gasteiger partial charge is 0.497 e. The third kappa shape index (κ3) is 8.23. The summed E-state index contributed by atoms with van der Waals surface area (Å²) in [6, 6.07) is 17.7. The van der Waals surface area contributed by atoms with Crippen molar-refractivity contribution in [3.8, 4) is 17.2 Å². The Morgan fingerprint density at radius 1 is 1.05 bits per heavy atom. The molecule has 0 aliphatic carbocycles. The highest BCUT2D eigenvalue weighted by Crippen LogP contribution is 2.37. The zero-order valence-electron chi connectivity index (χ0n) is 20.6. The van der Waals surface area contributed by atoms with E-state index in [1.54, 1.807) is 55.6 Å².